The highest BCUT2D eigenvalue weighted by molar-refractivity contribution is 7.85. The largest absolute Gasteiger partial charge is 0.399 e. The van der Waals surface area contributed by atoms with Crippen molar-refractivity contribution in [2.45, 2.75) is 46.5 Å². The summed E-state index contributed by atoms with van der Waals surface area (Å²) >= 11 is 4.21. The molecule has 34 heavy (non-hydrogen) atoms. The Morgan fingerprint density at radius 2 is 1.94 bits per heavy atom. The minimum Gasteiger partial charge on any atom is -0.399 e. The number of benzene rings is 1. The molecule has 0 spiro atoms. The van der Waals surface area contributed by atoms with Gasteiger partial charge in [-0.15, -0.1) is 12.6 Å². The maximum Gasteiger partial charge on any atom is 0.216 e. The Kier molecular flexibility index (Phi) is 18.5. The van der Waals surface area contributed by atoms with Gasteiger partial charge in [0.05, 0.1) is 5.71 Å². The number of hydrogen-bond acceptors (Lipinski definition) is 5. The third-order valence-electron chi connectivity index (χ3n) is 4.69. The molecular weight excluding hydrogens is 456 g/mol. The van der Waals surface area contributed by atoms with Gasteiger partial charge in [0.15, 0.2) is 5.83 Å². The molecule has 2 N–H and O–H groups in total. The van der Waals surface area contributed by atoms with Gasteiger partial charge in [0.25, 0.3) is 0 Å². The third-order valence-corrected chi connectivity index (χ3v) is 4.92. The van der Waals surface area contributed by atoms with E-state index in [0.29, 0.717) is 17.2 Å². The molecule has 8 heteroatoms. The minimum absolute atomic E-state index is 0.0333. The maximum absolute atomic E-state index is 12.0. The summed E-state index contributed by atoms with van der Waals surface area (Å²) in [5.74, 6) is -0.977. The molecular formula is C26H39F2N3O2S. The van der Waals surface area contributed by atoms with Crippen LogP contribution in [-0.2, 0) is 16.1 Å². The van der Waals surface area contributed by atoms with Gasteiger partial charge in [-0.2, -0.15) is 0 Å². The van der Waals surface area contributed by atoms with E-state index >= 15 is 0 Å². The third kappa shape index (κ3) is 15.4. The lowest BCUT2D eigenvalue weighted by Crippen LogP contribution is -2.28. The summed E-state index contributed by atoms with van der Waals surface area (Å²) in [6.07, 6.45) is 5.54. The lowest BCUT2D eigenvalue weighted by molar-refractivity contribution is -0.118. The molecule has 0 bridgehead atoms. The molecule has 1 amide bonds. The number of carbonyl (C=O) groups excluding carboxylic acids is 1. The van der Waals surface area contributed by atoms with Crippen LogP contribution in [-0.4, -0.2) is 38.4 Å². The SMILES string of the molecule is C=C(S)/C(=N\OC)[C@H](CC)CNCC.CC(=O)NCCc1ccccc1.FC1=C(F)CCC=C1. The van der Waals surface area contributed by atoms with Crippen molar-refractivity contribution in [3.63, 3.8) is 0 Å². The van der Waals surface area contributed by atoms with Crippen molar-refractivity contribution in [1.29, 1.82) is 0 Å². The Bertz CT molecular complexity index is 812. The van der Waals surface area contributed by atoms with Crippen LogP contribution in [0.5, 0.6) is 0 Å². The van der Waals surface area contributed by atoms with E-state index in [0.717, 1.165) is 38.2 Å². The molecule has 1 aromatic rings. The van der Waals surface area contributed by atoms with Crippen LogP contribution in [0.3, 0.4) is 0 Å². The van der Waals surface area contributed by atoms with E-state index in [9.17, 15) is 13.6 Å². The van der Waals surface area contributed by atoms with Crippen LogP contribution in [0.2, 0.25) is 0 Å². The summed E-state index contributed by atoms with van der Waals surface area (Å²) in [5.41, 5.74) is 2.09. The Morgan fingerprint density at radius 1 is 1.26 bits per heavy atom. The molecule has 0 aromatic heterocycles. The highest BCUT2D eigenvalue weighted by Crippen LogP contribution is 2.20. The molecule has 0 saturated heterocycles. The summed E-state index contributed by atoms with van der Waals surface area (Å²) < 4.78 is 24.0. The first kappa shape index (κ1) is 31.6. The van der Waals surface area contributed by atoms with Gasteiger partial charge in [-0.1, -0.05) is 62.0 Å². The van der Waals surface area contributed by atoms with Gasteiger partial charge in [-0.25, -0.2) is 8.78 Å². The molecule has 0 unspecified atom stereocenters. The van der Waals surface area contributed by atoms with E-state index in [1.807, 2.05) is 18.2 Å². The number of halogens is 2. The fraction of sp³-hybridized carbons (Fsp3) is 0.462. The molecule has 1 aromatic carbocycles. The van der Waals surface area contributed by atoms with Crippen LogP contribution in [0.1, 0.15) is 45.6 Å². The number of nitrogens with one attached hydrogen (secondary N) is 2. The van der Waals surface area contributed by atoms with E-state index in [1.165, 1.54) is 25.7 Å². The molecule has 1 aliphatic carbocycles. The lowest BCUT2D eigenvalue weighted by atomic mass is 10.00. The minimum atomic E-state index is -0.712. The van der Waals surface area contributed by atoms with Crippen LogP contribution in [0.15, 0.2) is 70.8 Å². The highest BCUT2D eigenvalue weighted by Gasteiger charge is 2.15. The number of amides is 1. The zero-order valence-corrected chi connectivity index (χ0v) is 21.6. The van der Waals surface area contributed by atoms with Crippen molar-refractivity contribution in [2.24, 2.45) is 11.1 Å². The molecule has 0 saturated carbocycles. The summed E-state index contributed by atoms with van der Waals surface area (Å²) in [5, 5.41) is 9.99. The van der Waals surface area contributed by atoms with Gasteiger partial charge >= 0.3 is 0 Å². The first-order valence-electron chi connectivity index (χ1n) is 11.5. The standard InChI is InChI=1S/C10H20N2OS.C10H13NO.C6H6F2/c1-5-9(7-11-6-2)10(8(3)14)12-13-4;1-9(12)11-8-7-10-5-3-2-4-6-10;7-5-3-1-2-4-6(5)8/h9,11,14H,3,5-7H2,1-2,4H3;2-6H,7-8H2,1H3,(H,11,12);1,3H,2,4H2/b12-10+;;/t9-;;/m1../s1. The number of allylic oxidation sites excluding steroid dienone is 5. The number of rotatable bonds is 10. The van der Waals surface area contributed by atoms with Crippen LogP contribution in [0.25, 0.3) is 0 Å². The molecule has 0 fully saturated rings. The average molecular weight is 496 g/mol. The predicted molar refractivity (Wildman–Crippen MR) is 141 cm³/mol. The summed E-state index contributed by atoms with van der Waals surface area (Å²) in [6.45, 7) is 12.1. The van der Waals surface area contributed by atoms with Gasteiger partial charge in [0.1, 0.15) is 12.9 Å². The van der Waals surface area contributed by atoms with Crippen molar-refractivity contribution >= 4 is 24.2 Å². The number of carbonyl (C=O) groups is 1. The van der Waals surface area contributed by atoms with E-state index in [4.69, 9.17) is 4.84 Å². The van der Waals surface area contributed by atoms with Crippen molar-refractivity contribution in [3.8, 4) is 0 Å². The molecule has 190 valence electrons. The van der Waals surface area contributed by atoms with Crippen molar-refractivity contribution < 1.29 is 18.4 Å². The van der Waals surface area contributed by atoms with Crippen molar-refractivity contribution in [3.05, 3.63) is 71.2 Å². The zero-order valence-electron chi connectivity index (χ0n) is 20.7. The number of hydrogen-bond donors (Lipinski definition) is 3. The number of thiol groups is 1. The van der Waals surface area contributed by atoms with Crippen LogP contribution in [0.4, 0.5) is 8.78 Å². The second-order valence-corrected chi connectivity index (χ2v) is 7.97. The van der Waals surface area contributed by atoms with E-state index in [-0.39, 0.29) is 12.3 Å². The van der Waals surface area contributed by atoms with Gasteiger partial charge in [-0.3, -0.25) is 4.79 Å². The fourth-order valence-electron chi connectivity index (χ4n) is 2.85. The van der Waals surface area contributed by atoms with Crippen molar-refractivity contribution in [2.75, 3.05) is 26.7 Å². The first-order chi connectivity index (χ1) is 16.3. The molecule has 1 atom stereocenters. The Morgan fingerprint density at radius 3 is 2.38 bits per heavy atom. The lowest BCUT2D eigenvalue weighted by Gasteiger charge is -2.16. The van der Waals surface area contributed by atoms with Gasteiger partial charge in [0, 0.05) is 37.3 Å². The van der Waals surface area contributed by atoms with Crippen LogP contribution in [0, 0.1) is 5.92 Å². The average Bonchev–Trinajstić information content (AvgIpc) is 2.82. The second kappa shape index (κ2) is 20.0. The topological polar surface area (TPSA) is 62.7 Å². The van der Waals surface area contributed by atoms with Gasteiger partial charge in [0.2, 0.25) is 5.91 Å². The molecule has 0 radical (unpaired) electrons. The Labute approximate surface area is 208 Å². The zero-order chi connectivity index (χ0) is 25.8. The van der Waals surface area contributed by atoms with E-state index < -0.39 is 11.7 Å². The maximum atomic E-state index is 12.0. The molecule has 0 heterocycles. The number of nitrogens with zero attached hydrogens (tertiary/aromatic N) is 1. The highest BCUT2D eigenvalue weighted by atomic mass is 32.1. The fourth-order valence-corrected chi connectivity index (χ4v) is 3.07. The molecule has 0 aliphatic heterocycles. The monoisotopic (exact) mass is 495 g/mol. The second-order valence-electron chi connectivity index (χ2n) is 7.43. The first-order valence-corrected chi connectivity index (χ1v) is 11.9. The number of oxime groups is 1. The van der Waals surface area contributed by atoms with E-state index in [2.05, 4.69) is 61.0 Å². The predicted octanol–water partition coefficient (Wildman–Crippen LogP) is 5.92. The van der Waals surface area contributed by atoms with Crippen LogP contribution < -0.4 is 10.6 Å². The molecule has 1 aliphatic rings. The van der Waals surface area contributed by atoms with Gasteiger partial charge in [-0.05, 0) is 37.4 Å². The summed E-state index contributed by atoms with van der Waals surface area (Å²) in [4.78, 5) is 16.0. The Hall–Kier alpha value is -2.45. The smallest absolute Gasteiger partial charge is 0.216 e. The van der Waals surface area contributed by atoms with Crippen molar-refractivity contribution in [1.82, 2.24) is 10.6 Å². The normalized spacial score (nSPS) is 13.7. The molecule has 2 rings (SSSR count). The van der Waals surface area contributed by atoms with Gasteiger partial charge < -0.3 is 15.5 Å². The Balaban J connectivity index is 0.000000496. The van der Waals surface area contributed by atoms with Crippen LogP contribution >= 0.6 is 12.6 Å². The quantitative estimate of drug-likeness (QED) is 0.214. The van der Waals surface area contributed by atoms with E-state index in [1.54, 1.807) is 6.08 Å². The summed E-state index contributed by atoms with van der Waals surface area (Å²) in [7, 11) is 1.54. The molecule has 5 nitrogen and oxygen atoms in total. The summed E-state index contributed by atoms with van der Waals surface area (Å²) in [6, 6.07) is 10.1.